The number of carbonyl (C=O) groups excluding carboxylic acids is 2. The standard InChI is InChI=1S/C13H16ClN3O2/c14-11-4-2-1-3-10(11)12(18)15-7-8-16-13(19)17-9-5-6-9/h1-4,9H,5-8H2,(H,15,18)(H2,16,17,19). The fourth-order valence-electron chi connectivity index (χ4n) is 1.56. The summed E-state index contributed by atoms with van der Waals surface area (Å²) in [4.78, 5) is 23.1. The molecule has 3 amide bonds. The molecule has 1 aliphatic rings. The minimum Gasteiger partial charge on any atom is -0.350 e. The Morgan fingerprint density at radius 2 is 1.84 bits per heavy atom. The van der Waals surface area contributed by atoms with Crippen LogP contribution in [0.2, 0.25) is 5.02 Å². The van der Waals surface area contributed by atoms with E-state index < -0.39 is 0 Å². The third-order valence-electron chi connectivity index (χ3n) is 2.73. The zero-order valence-corrected chi connectivity index (χ0v) is 11.2. The van der Waals surface area contributed by atoms with Crippen molar-refractivity contribution in [3.63, 3.8) is 0 Å². The molecule has 0 aromatic heterocycles. The van der Waals surface area contributed by atoms with Gasteiger partial charge < -0.3 is 16.0 Å². The number of benzene rings is 1. The molecule has 0 atom stereocenters. The zero-order valence-electron chi connectivity index (χ0n) is 10.4. The highest BCUT2D eigenvalue weighted by Crippen LogP contribution is 2.18. The van der Waals surface area contributed by atoms with Crippen molar-refractivity contribution in [1.29, 1.82) is 0 Å². The van der Waals surface area contributed by atoms with Crippen molar-refractivity contribution in [2.45, 2.75) is 18.9 Å². The number of nitrogens with one attached hydrogen (secondary N) is 3. The Kier molecular flexibility index (Phi) is 4.63. The van der Waals surface area contributed by atoms with Gasteiger partial charge in [-0.3, -0.25) is 4.79 Å². The van der Waals surface area contributed by atoms with Gasteiger partial charge in [-0.1, -0.05) is 23.7 Å². The Bertz CT molecular complexity index is 475. The normalized spacial score (nSPS) is 13.7. The first-order valence-corrected chi connectivity index (χ1v) is 6.61. The molecule has 0 unspecified atom stereocenters. The molecule has 0 bridgehead atoms. The summed E-state index contributed by atoms with van der Waals surface area (Å²) in [5.41, 5.74) is 0.437. The van der Waals surface area contributed by atoms with Crippen LogP contribution in [0.15, 0.2) is 24.3 Å². The van der Waals surface area contributed by atoms with Crippen LogP contribution in [0.1, 0.15) is 23.2 Å². The van der Waals surface area contributed by atoms with Crippen LogP contribution in [0, 0.1) is 0 Å². The average Bonchev–Trinajstić information content (AvgIpc) is 3.19. The van der Waals surface area contributed by atoms with Crippen molar-refractivity contribution >= 4 is 23.5 Å². The van der Waals surface area contributed by atoms with Gasteiger partial charge in [-0.15, -0.1) is 0 Å². The molecule has 102 valence electrons. The summed E-state index contributed by atoms with van der Waals surface area (Å²) in [6.07, 6.45) is 2.10. The van der Waals surface area contributed by atoms with Crippen LogP contribution in [-0.2, 0) is 0 Å². The highest BCUT2D eigenvalue weighted by Gasteiger charge is 2.22. The van der Waals surface area contributed by atoms with Gasteiger partial charge in [-0.25, -0.2) is 4.79 Å². The van der Waals surface area contributed by atoms with E-state index in [0.717, 1.165) is 12.8 Å². The van der Waals surface area contributed by atoms with E-state index in [9.17, 15) is 9.59 Å². The molecule has 1 fully saturated rings. The summed E-state index contributed by atoms with van der Waals surface area (Å²) >= 11 is 5.91. The van der Waals surface area contributed by atoms with E-state index in [1.165, 1.54) is 0 Å². The fourth-order valence-corrected chi connectivity index (χ4v) is 1.78. The monoisotopic (exact) mass is 281 g/mol. The van der Waals surface area contributed by atoms with Gasteiger partial charge in [-0.05, 0) is 25.0 Å². The molecule has 3 N–H and O–H groups in total. The van der Waals surface area contributed by atoms with Gasteiger partial charge in [0.1, 0.15) is 0 Å². The second kappa shape index (κ2) is 6.43. The third kappa shape index (κ3) is 4.44. The molecule has 2 rings (SSSR count). The highest BCUT2D eigenvalue weighted by molar-refractivity contribution is 6.33. The van der Waals surface area contributed by atoms with Gasteiger partial charge >= 0.3 is 6.03 Å². The number of urea groups is 1. The molecular weight excluding hydrogens is 266 g/mol. The predicted molar refractivity (Wildman–Crippen MR) is 73.3 cm³/mol. The predicted octanol–water partition coefficient (Wildman–Crippen LogP) is 1.53. The van der Waals surface area contributed by atoms with Crippen LogP contribution in [0.5, 0.6) is 0 Å². The topological polar surface area (TPSA) is 70.2 Å². The molecule has 0 spiro atoms. The Labute approximate surface area is 116 Å². The molecule has 0 saturated heterocycles. The molecule has 1 saturated carbocycles. The summed E-state index contributed by atoms with van der Waals surface area (Å²) in [6, 6.07) is 6.99. The molecule has 0 radical (unpaired) electrons. The quantitative estimate of drug-likeness (QED) is 0.717. The number of amides is 3. The SMILES string of the molecule is O=C(NCCNC(=O)c1ccccc1Cl)NC1CC1. The van der Waals surface area contributed by atoms with E-state index in [2.05, 4.69) is 16.0 Å². The van der Waals surface area contributed by atoms with Crippen LogP contribution in [0.25, 0.3) is 0 Å². The molecule has 0 heterocycles. The minimum absolute atomic E-state index is 0.186. The fraction of sp³-hybridized carbons (Fsp3) is 0.385. The van der Waals surface area contributed by atoms with Gasteiger partial charge in [-0.2, -0.15) is 0 Å². The Morgan fingerprint density at radius 3 is 2.53 bits per heavy atom. The van der Waals surface area contributed by atoms with Gasteiger partial charge in [0.15, 0.2) is 0 Å². The zero-order chi connectivity index (χ0) is 13.7. The van der Waals surface area contributed by atoms with E-state index >= 15 is 0 Å². The minimum atomic E-state index is -0.241. The summed E-state index contributed by atoms with van der Waals surface area (Å²) < 4.78 is 0. The lowest BCUT2D eigenvalue weighted by atomic mass is 10.2. The van der Waals surface area contributed by atoms with Gasteiger partial charge in [0, 0.05) is 19.1 Å². The van der Waals surface area contributed by atoms with E-state index in [1.54, 1.807) is 24.3 Å². The third-order valence-corrected chi connectivity index (χ3v) is 3.06. The summed E-state index contributed by atoms with van der Waals surface area (Å²) in [6.45, 7) is 0.747. The van der Waals surface area contributed by atoms with Crippen molar-refractivity contribution in [1.82, 2.24) is 16.0 Å². The lowest BCUT2D eigenvalue weighted by Crippen LogP contribution is -2.41. The van der Waals surface area contributed by atoms with Crippen LogP contribution < -0.4 is 16.0 Å². The summed E-state index contributed by atoms with van der Waals surface area (Å²) in [5, 5.41) is 8.59. The summed E-state index contributed by atoms with van der Waals surface area (Å²) in [5.74, 6) is -0.241. The number of rotatable bonds is 5. The first kappa shape index (κ1) is 13.7. The number of halogens is 1. The lowest BCUT2D eigenvalue weighted by molar-refractivity contribution is 0.0954. The molecule has 0 aliphatic heterocycles. The molecule has 1 aromatic carbocycles. The van der Waals surface area contributed by atoms with E-state index in [0.29, 0.717) is 29.7 Å². The Hall–Kier alpha value is -1.75. The Balaban J connectivity index is 1.66. The molecular formula is C13H16ClN3O2. The maximum atomic E-state index is 11.8. The van der Waals surface area contributed by atoms with Crippen molar-refractivity contribution in [2.24, 2.45) is 0 Å². The molecule has 1 aliphatic carbocycles. The number of carbonyl (C=O) groups is 2. The van der Waals surface area contributed by atoms with Crippen molar-refractivity contribution in [3.8, 4) is 0 Å². The first-order chi connectivity index (χ1) is 9.16. The second-order valence-electron chi connectivity index (χ2n) is 4.41. The van der Waals surface area contributed by atoms with Gasteiger partial charge in [0.25, 0.3) is 5.91 Å². The van der Waals surface area contributed by atoms with Crippen LogP contribution >= 0.6 is 11.6 Å². The smallest absolute Gasteiger partial charge is 0.315 e. The molecule has 19 heavy (non-hydrogen) atoms. The van der Waals surface area contributed by atoms with Crippen molar-refractivity contribution in [3.05, 3.63) is 34.9 Å². The number of hydrogen-bond acceptors (Lipinski definition) is 2. The maximum absolute atomic E-state index is 11.8. The van der Waals surface area contributed by atoms with E-state index in [4.69, 9.17) is 11.6 Å². The average molecular weight is 282 g/mol. The van der Waals surface area contributed by atoms with Crippen molar-refractivity contribution in [2.75, 3.05) is 13.1 Å². The maximum Gasteiger partial charge on any atom is 0.315 e. The van der Waals surface area contributed by atoms with Gasteiger partial charge in [0.2, 0.25) is 0 Å². The lowest BCUT2D eigenvalue weighted by Gasteiger charge is -2.08. The number of hydrogen-bond donors (Lipinski definition) is 3. The van der Waals surface area contributed by atoms with Crippen LogP contribution in [-0.4, -0.2) is 31.1 Å². The molecule has 6 heteroatoms. The van der Waals surface area contributed by atoms with E-state index in [1.807, 2.05) is 0 Å². The summed E-state index contributed by atoms with van der Waals surface area (Å²) in [7, 11) is 0. The van der Waals surface area contributed by atoms with Crippen LogP contribution in [0.4, 0.5) is 4.79 Å². The molecule has 5 nitrogen and oxygen atoms in total. The second-order valence-corrected chi connectivity index (χ2v) is 4.82. The van der Waals surface area contributed by atoms with Crippen LogP contribution in [0.3, 0.4) is 0 Å². The largest absolute Gasteiger partial charge is 0.350 e. The van der Waals surface area contributed by atoms with E-state index in [-0.39, 0.29) is 11.9 Å². The highest BCUT2D eigenvalue weighted by atomic mass is 35.5. The van der Waals surface area contributed by atoms with Gasteiger partial charge in [0.05, 0.1) is 10.6 Å². The Morgan fingerprint density at radius 1 is 1.16 bits per heavy atom. The van der Waals surface area contributed by atoms with Crippen molar-refractivity contribution < 1.29 is 9.59 Å². The molecule has 1 aromatic rings. The first-order valence-electron chi connectivity index (χ1n) is 6.24.